The molecule has 2 aromatic rings. The molecule has 0 unspecified atom stereocenters. The van der Waals surface area contributed by atoms with Crippen LogP contribution in [-0.4, -0.2) is 32.5 Å². The molecule has 0 saturated heterocycles. The maximum absolute atomic E-state index is 12.3. The molecule has 0 saturated carbocycles. The molecule has 0 fully saturated rings. The third kappa shape index (κ3) is 4.97. The number of rotatable bonds is 8. The highest BCUT2D eigenvalue weighted by molar-refractivity contribution is 6.31. The molecule has 1 N–H and O–H groups in total. The number of nitrogens with one attached hydrogen (secondary N) is 1. The number of hydrogen-bond donors (Lipinski definition) is 1. The van der Waals surface area contributed by atoms with Crippen LogP contribution in [0.15, 0.2) is 36.4 Å². The summed E-state index contributed by atoms with van der Waals surface area (Å²) in [5.74, 6) is 0.766. The molecule has 0 radical (unpaired) electrons. The lowest BCUT2D eigenvalue weighted by molar-refractivity contribution is 0.0951. The summed E-state index contributed by atoms with van der Waals surface area (Å²) in [4.78, 5) is 23.3. The standard InChI is InChI=1S/C19H20ClNO4/c1-3-25-18-10-13(4-5-14(18)12-22)8-9-21-19(23)16-11-15(20)6-7-17(16)24-2/h4-7,10-12H,3,8-9H2,1-2H3,(H,21,23). The summed E-state index contributed by atoms with van der Waals surface area (Å²) in [5, 5.41) is 3.31. The Morgan fingerprint density at radius 2 is 2.00 bits per heavy atom. The van der Waals surface area contributed by atoms with E-state index in [-0.39, 0.29) is 5.91 Å². The van der Waals surface area contributed by atoms with Gasteiger partial charge in [0.2, 0.25) is 0 Å². The molecule has 6 heteroatoms. The molecular formula is C19H20ClNO4. The molecule has 0 aliphatic carbocycles. The Morgan fingerprint density at radius 3 is 2.68 bits per heavy atom. The Balaban J connectivity index is 2.01. The number of ether oxygens (including phenoxy) is 2. The normalized spacial score (nSPS) is 10.2. The number of aldehydes is 1. The van der Waals surface area contributed by atoms with E-state index in [9.17, 15) is 9.59 Å². The third-order valence-corrected chi connectivity index (χ3v) is 3.85. The second-order valence-electron chi connectivity index (χ2n) is 5.27. The molecule has 0 aromatic heterocycles. The van der Waals surface area contributed by atoms with E-state index in [4.69, 9.17) is 21.1 Å². The zero-order valence-corrected chi connectivity index (χ0v) is 14.9. The van der Waals surface area contributed by atoms with Gasteiger partial charge in [-0.05, 0) is 49.2 Å². The van der Waals surface area contributed by atoms with Gasteiger partial charge in [-0.2, -0.15) is 0 Å². The lowest BCUT2D eigenvalue weighted by Crippen LogP contribution is -2.26. The van der Waals surface area contributed by atoms with Gasteiger partial charge in [0.05, 0.1) is 24.8 Å². The average Bonchev–Trinajstić information content (AvgIpc) is 2.62. The molecule has 0 atom stereocenters. The quantitative estimate of drug-likeness (QED) is 0.730. The van der Waals surface area contributed by atoms with E-state index in [0.717, 1.165) is 11.8 Å². The largest absolute Gasteiger partial charge is 0.496 e. The molecule has 0 spiro atoms. The molecular weight excluding hydrogens is 342 g/mol. The minimum absolute atomic E-state index is 0.256. The average molecular weight is 362 g/mol. The topological polar surface area (TPSA) is 64.6 Å². The summed E-state index contributed by atoms with van der Waals surface area (Å²) in [7, 11) is 1.50. The first-order valence-electron chi connectivity index (χ1n) is 7.91. The van der Waals surface area contributed by atoms with Crippen molar-refractivity contribution < 1.29 is 19.1 Å². The molecule has 0 aliphatic heterocycles. The maximum atomic E-state index is 12.3. The molecule has 0 aliphatic rings. The number of benzene rings is 2. The van der Waals surface area contributed by atoms with Crippen molar-refractivity contribution in [3.8, 4) is 11.5 Å². The van der Waals surface area contributed by atoms with Crippen molar-refractivity contribution >= 4 is 23.8 Å². The van der Waals surface area contributed by atoms with Gasteiger partial charge in [0, 0.05) is 11.6 Å². The summed E-state index contributed by atoms with van der Waals surface area (Å²) < 4.78 is 10.6. The van der Waals surface area contributed by atoms with Crippen molar-refractivity contribution in [1.29, 1.82) is 0 Å². The molecule has 0 heterocycles. The van der Waals surface area contributed by atoms with Crippen molar-refractivity contribution in [1.82, 2.24) is 5.32 Å². The number of carbonyl (C=O) groups excluding carboxylic acids is 2. The Labute approximate surface area is 151 Å². The number of amides is 1. The van der Waals surface area contributed by atoms with Crippen molar-refractivity contribution in [2.45, 2.75) is 13.3 Å². The molecule has 0 bridgehead atoms. The van der Waals surface area contributed by atoms with Crippen molar-refractivity contribution in [3.05, 3.63) is 58.1 Å². The van der Waals surface area contributed by atoms with Crippen LogP contribution < -0.4 is 14.8 Å². The number of halogens is 1. The van der Waals surface area contributed by atoms with Gasteiger partial charge < -0.3 is 14.8 Å². The van der Waals surface area contributed by atoms with E-state index in [1.807, 2.05) is 19.1 Å². The number of carbonyl (C=O) groups is 2. The van der Waals surface area contributed by atoms with Crippen molar-refractivity contribution in [2.24, 2.45) is 0 Å². The summed E-state index contributed by atoms with van der Waals surface area (Å²) in [6, 6.07) is 10.3. The summed E-state index contributed by atoms with van der Waals surface area (Å²) >= 11 is 5.95. The fourth-order valence-electron chi connectivity index (χ4n) is 2.39. The van der Waals surface area contributed by atoms with Crippen LogP contribution in [0.2, 0.25) is 5.02 Å². The van der Waals surface area contributed by atoms with Crippen LogP contribution in [0.25, 0.3) is 0 Å². The van der Waals surface area contributed by atoms with Crippen molar-refractivity contribution in [3.63, 3.8) is 0 Å². The van der Waals surface area contributed by atoms with E-state index in [0.29, 0.717) is 47.2 Å². The summed E-state index contributed by atoms with van der Waals surface area (Å²) in [6.07, 6.45) is 1.37. The Morgan fingerprint density at radius 1 is 1.20 bits per heavy atom. The van der Waals surface area contributed by atoms with E-state index < -0.39 is 0 Å². The fraction of sp³-hybridized carbons (Fsp3) is 0.263. The van der Waals surface area contributed by atoms with E-state index >= 15 is 0 Å². The van der Waals surface area contributed by atoms with Crippen LogP contribution in [0.1, 0.15) is 33.2 Å². The number of hydrogen-bond acceptors (Lipinski definition) is 4. The molecule has 2 rings (SSSR count). The first kappa shape index (κ1) is 18.8. The van der Waals surface area contributed by atoms with Crippen LogP contribution in [0.5, 0.6) is 11.5 Å². The van der Waals surface area contributed by atoms with Gasteiger partial charge in [-0.3, -0.25) is 9.59 Å². The Kier molecular flexibility index (Phi) is 6.83. The first-order chi connectivity index (χ1) is 12.1. The molecule has 25 heavy (non-hydrogen) atoms. The first-order valence-corrected chi connectivity index (χ1v) is 8.29. The van der Waals surface area contributed by atoms with E-state index in [1.165, 1.54) is 7.11 Å². The van der Waals surface area contributed by atoms with Crippen molar-refractivity contribution in [2.75, 3.05) is 20.3 Å². The van der Waals surface area contributed by atoms with Gasteiger partial charge in [0.15, 0.2) is 6.29 Å². The van der Waals surface area contributed by atoms with Gasteiger partial charge in [-0.15, -0.1) is 0 Å². The van der Waals surface area contributed by atoms with E-state index in [2.05, 4.69) is 5.32 Å². The molecule has 132 valence electrons. The molecule has 5 nitrogen and oxygen atoms in total. The minimum Gasteiger partial charge on any atom is -0.496 e. The van der Waals surface area contributed by atoms with Gasteiger partial charge in [0.1, 0.15) is 11.5 Å². The second kappa shape index (κ2) is 9.08. The molecule has 2 aromatic carbocycles. The van der Waals surface area contributed by atoms with Crippen LogP contribution in [0.3, 0.4) is 0 Å². The van der Waals surface area contributed by atoms with Gasteiger partial charge in [0.25, 0.3) is 5.91 Å². The van der Waals surface area contributed by atoms with Gasteiger partial charge in [-0.25, -0.2) is 0 Å². The Bertz CT molecular complexity index is 761. The zero-order chi connectivity index (χ0) is 18.2. The third-order valence-electron chi connectivity index (χ3n) is 3.61. The highest BCUT2D eigenvalue weighted by atomic mass is 35.5. The van der Waals surface area contributed by atoms with Gasteiger partial charge in [-0.1, -0.05) is 17.7 Å². The minimum atomic E-state index is -0.256. The number of methoxy groups -OCH3 is 1. The lowest BCUT2D eigenvalue weighted by Gasteiger charge is -2.11. The van der Waals surface area contributed by atoms with Gasteiger partial charge >= 0.3 is 0 Å². The van der Waals surface area contributed by atoms with Crippen LogP contribution in [-0.2, 0) is 6.42 Å². The summed E-state index contributed by atoms with van der Waals surface area (Å²) in [5.41, 5.74) is 1.87. The van der Waals surface area contributed by atoms with Crippen LogP contribution in [0, 0.1) is 0 Å². The maximum Gasteiger partial charge on any atom is 0.255 e. The predicted molar refractivity (Wildman–Crippen MR) is 97.0 cm³/mol. The highest BCUT2D eigenvalue weighted by Crippen LogP contribution is 2.22. The Hall–Kier alpha value is -2.53. The highest BCUT2D eigenvalue weighted by Gasteiger charge is 2.12. The predicted octanol–water partition coefficient (Wildman–Crippen LogP) is 3.53. The second-order valence-corrected chi connectivity index (χ2v) is 5.71. The monoisotopic (exact) mass is 361 g/mol. The SMILES string of the molecule is CCOc1cc(CCNC(=O)c2cc(Cl)ccc2OC)ccc1C=O. The lowest BCUT2D eigenvalue weighted by atomic mass is 10.1. The van der Waals surface area contributed by atoms with Crippen LogP contribution in [0.4, 0.5) is 0 Å². The zero-order valence-electron chi connectivity index (χ0n) is 14.2. The fourth-order valence-corrected chi connectivity index (χ4v) is 2.56. The summed E-state index contributed by atoms with van der Waals surface area (Å²) in [6.45, 7) is 2.77. The van der Waals surface area contributed by atoms with E-state index in [1.54, 1.807) is 24.3 Å². The van der Waals surface area contributed by atoms with Crippen LogP contribution >= 0.6 is 11.6 Å². The molecule has 1 amide bonds. The smallest absolute Gasteiger partial charge is 0.255 e.